The molecule has 0 aromatic heterocycles. The molecule has 0 spiro atoms. The van der Waals surface area contributed by atoms with Gasteiger partial charge in [0, 0.05) is 37.0 Å². The van der Waals surface area contributed by atoms with Crippen molar-refractivity contribution in [1.82, 2.24) is 4.90 Å². The molecule has 5 nitrogen and oxygen atoms in total. The first kappa shape index (κ1) is 13.8. The van der Waals surface area contributed by atoms with E-state index < -0.39 is 0 Å². The van der Waals surface area contributed by atoms with Crippen LogP contribution in [0.25, 0.3) is 0 Å². The van der Waals surface area contributed by atoms with Gasteiger partial charge in [0.1, 0.15) is 0 Å². The fourth-order valence-electron chi connectivity index (χ4n) is 2.12. The molecular weight excluding hydrogens is 242 g/mol. The van der Waals surface area contributed by atoms with Crippen LogP contribution < -0.4 is 11.1 Å². The van der Waals surface area contributed by atoms with E-state index in [-0.39, 0.29) is 5.91 Å². The lowest BCUT2D eigenvalue weighted by molar-refractivity contribution is -0.116. The second-order valence-corrected chi connectivity index (χ2v) is 4.92. The average molecular weight is 263 g/mol. The standard InChI is InChI=1S/C14H21N3O2/c1-17(13-7-9-19-10-13)8-6-14(18)16-12-4-2-11(15)3-5-12/h2-5,13H,6-10,15H2,1H3,(H,16,18). The van der Waals surface area contributed by atoms with Crippen molar-refractivity contribution in [2.75, 3.05) is 37.9 Å². The molecule has 5 heteroatoms. The normalized spacial score (nSPS) is 18.7. The number of anilines is 2. The SMILES string of the molecule is CN(CCC(=O)Nc1ccc(N)cc1)C1CCOC1. The van der Waals surface area contributed by atoms with E-state index in [2.05, 4.69) is 10.2 Å². The largest absolute Gasteiger partial charge is 0.399 e. The Balaban J connectivity index is 1.73. The van der Waals surface area contributed by atoms with Crippen molar-refractivity contribution in [2.45, 2.75) is 18.9 Å². The highest BCUT2D eigenvalue weighted by atomic mass is 16.5. The second kappa shape index (κ2) is 6.54. The molecule has 1 aromatic carbocycles. The number of nitrogens with zero attached hydrogens (tertiary/aromatic N) is 1. The molecule has 1 aromatic rings. The Bertz CT molecular complexity index is 413. The van der Waals surface area contributed by atoms with Gasteiger partial charge in [-0.05, 0) is 37.7 Å². The Kier molecular flexibility index (Phi) is 4.76. The van der Waals surface area contributed by atoms with Crippen molar-refractivity contribution >= 4 is 17.3 Å². The quantitative estimate of drug-likeness (QED) is 0.786. The van der Waals surface area contributed by atoms with Crippen LogP contribution in [0, 0.1) is 0 Å². The van der Waals surface area contributed by atoms with Gasteiger partial charge in [-0.1, -0.05) is 0 Å². The molecule has 0 radical (unpaired) electrons. The van der Waals surface area contributed by atoms with Gasteiger partial charge in [-0.15, -0.1) is 0 Å². The van der Waals surface area contributed by atoms with E-state index in [0.717, 1.165) is 31.9 Å². The van der Waals surface area contributed by atoms with E-state index in [9.17, 15) is 4.79 Å². The van der Waals surface area contributed by atoms with Gasteiger partial charge in [-0.3, -0.25) is 4.79 Å². The Morgan fingerprint density at radius 3 is 2.84 bits per heavy atom. The van der Waals surface area contributed by atoms with Crippen molar-refractivity contribution in [3.63, 3.8) is 0 Å². The molecular formula is C14H21N3O2. The number of carbonyl (C=O) groups excluding carboxylic acids is 1. The smallest absolute Gasteiger partial charge is 0.225 e. The number of amides is 1. The van der Waals surface area contributed by atoms with Gasteiger partial charge >= 0.3 is 0 Å². The zero-order valence-electron chi connectivity index (χ0n) is 11.3. The van der Waals surface area contributed by atoms with E-state index in [1.807, 2.05) is 19.2 Å². The van der Waals surface area contributed by atoms with E-state index in [1.165, 1.54) is 0 Å². The molecule has 1 heterocycles. The van der Waals surface area contributed by atoms with Gasteiger partial charge in [-0.25, -0.2) is 0 Å². The molecule has 1 atom stereocenters. The lowest BCUT2D eigenvalue weighted by Gasteiger charge is -2.22. The van der Waals surface area contributed by atoms with Crippen molar-refractivity contribution in [3.8, 4) is 0 Å². The lowest BCUT2D eigenvalue weighted by Crippen LogP contribution is -2.34. The summed E-state index contributed by atoms with van der Waals surface area (Å²) in [5.74, 6) is 0.0236. The van der Waals surface area contributed by atoms with Crippen LogP contribution in [0.1, 0.15) is 12.8 Å². The number of hydrogen-bond donors (Lipinski definition) is 2. The van der Waals surface area contributed by atoms with Crippen LogP contribution >= 0.6 is 0 Å². The first-order valence-corrected chi connectivity index (χ1v) is 6.58. The summed E-state index contributed by atoms with van der Waals surface area (Å²) in [6, 6.07) is 7.61. The van der Waals surface area contributed by atoms with Gasteiger partial charge in [0.25, 0.3) is 0 Å². The Labute approximate surface area is 113 Å². The fraction of sp³-hybridized carbons (Fsp3) is 0.500. The maximum absolute atomic E-state index is 11.8. The monoisotopic (exact) mass is 263 g/mol. The number of benzene rings is 1. The number of ether oxygens (including phenoxy) is 1. The zero-order valence-corrected chi connectivity index (χ0v) is 11.3. The number of likely N-dealkylation sites (N-methyl/N-ethyl adjacent to an activating group) is 1. The molecule has 1 saturated heterocycles. The van der Waals surface area contributed by atoms with Gasteiger partial charge in [-0.2, -0.15) is 0 Å². The number of nitrogens with one attached hydrogen (secondary N) is 1. The first-order valence-electron chi connectivity index (χ1n) is 6.58. The topological polar surface area (TPSA) is 67.6 Å². The fourth-order valence-corrected chi connectivity index (χ4v) is 2.12. The predicted octanol–water partition coefficient (Wildman–Crippen LogP) is 1.32. The minimum atomic E-state index is 0.0236. The van der Waals surface area contributed by atoms with Crippen molar-refractivity contribution < 1.29 is 9.53 Å². The average Bonchev–Trinajstić information content (AvgIpc) is 2.93. The molecule has 1 unspecified atom stereocenters. The summed E-state index contributed by atoms with van der Waals surface area (Å²) in [6.45, 7) is 2.34. The van der Waals surface area contributed by atoms with Crippen LogP contribution in [-0.2, 0) is 9.53 Å². The summed E-state index contributed by atoms with van der Waals surface area (Å²) in [4.78, 5) is 14.0. The third-order valence-corrected chi connectivity index (χ3v) is 3.42. The van der Waals surface area contributed by atoms with E-state index in [1.54, 1.807) is 12.1 Å². The third kappa shape index (κ3) is 4.22. The van der Waals surface area contributed by atoms with Crippen LogP contribution in [0.4, 0.5) is 11.4 Å². The van der Waals surface area contributed by atoms with Gasteiger partial charge in [0.2, 0.25) is 5.91 Å². The van der Waals surface area contributed by atoms with Gasteiger partial charge < -0.3 is 20.7 Å². The summed E-state index contributed by atoms with van der Waals surface area (Å²) in [7, 11) is 2.04. The number of carbonyl (C=O) groups is 1. The number of nitrogens with two attached hydrogens (primary N) is 1. The highest BCUT2D eigenvalue weighted by molar-refractivity contribution is 5.90. The van der Waals surface area contributed by atoms with Crippen LogP contribution in [0.2, 0.25) is 0 Å². The second-order valence-electron chi connectivity index (χ2n) is 4.92. The maximum Gasteiger partial charge on any atom is 0.225 e. The molecule has 1 aliphatic heterocycles. The summed E-state index contributed by atoms with van der Waals surface area (Å²) < 4.78 is 5.34. The predicted molar refractivity (Wildman–Crippen MR) is 76.0 cm³/mol. The third-order valence-electron chi connectivity index (χ3n) is 3.42. The molecule has 1 amide bonds. The van der Waals surface area contributed by atoms with Crippen molar-refractivity contribution in [1.29, 1.82) is 0 Å². The van der Waals surface area contributed by atoms with Crippen molar-refractivity contribution in [3.05, 3.63) is 24.3 Å². The Morgan fingerprint density at radius 2 is 2.21 bits per heavy atom. The molecule has 19 heavy (non-hydrogen) atoms. The number of rotatable bonds is 5. The molecule has 3 N–H and O–H groups in total. The highest BCUT2D eigenvalue weighted by Gasteiger charge is 2.20. The summed E-state index contributed by atoms with van der Waals surface area (Å²) in [6.07, 6.45) is 1.54. The number of hydrogen-bond acceptors (Lipinski definition) is 4. The van der Waals surface area contributed by atoms with Crippen LogP contribution in [0.15, 0.2) is 24.3 Å². The summed E-state index contributed by atoms with van der Waals surface area (Å²) in [5.41, 5.74) is 7.07. The van der Waals surface area contributed by atoms with E-state index in [0.29, 0.717) is 18.2 Å². The van der Waals surface area contributed by atoms with Crippen LogP contribution in [0.5, 0.6) is 0 Å². The molecule has 1 aliphatic rings. The molecule has 104 valence electrons. The molecule has 2 rings (SSSR count). The first-order chi connectivity index (χ1) is 9.15. The van der Waals surface area contributed by atoms with E-state index in [4.69, 9.17) is 10.5 Å². The van der Waals surface area contributed by atoms with Crippen molar-refractivity contribution in [2.24, 2.45) is 0 Å². The molecule has 0 saturated carbocycles. The molecule has 0 bridgehead atoms. The van der Waals surface area contributed by atoms with Crippen LogP contribution in [0.3, 0.4) is 0 Å². The molecule has 1 fully saturated rings. The highest BCUT2D eigenvalue weighted by Crippen LogP contribution is 2.12. The minimum absolute atomic E-state index is 0.0236. The summed E-state index contributed by atoms with van der Waals surface area (Å²) in [5, 5.41) is 2.86. The number of nitrogen functional groups attached to an aromatic ring is 1. The minimum Gasteiger partial charge on any atom is -0.399 e. The zero-order chi connectivity index (χ0) is 13.7. The van der Waals surface area contributed by atoms with Gasteiger partial charge in [0.15, 0.2) is 0 Å². The Morgan fingerprint density at radius 1 is 1.47 bits per heavy atom. The Hall–Kier alpha value is -1.59. The van der Waals surface area contributed by atoms with E-state index >= 15 is 0 Å². The molecule has 0 aliphatic carbocycles. The van der Waals surface area contributed by atoms with Gasteiger partial charge in [0.05, 0.1) is 6.61 Å². The van der Waals surface area contributed by atoms with Crippen LogP contribution in [-0.4, -0.2) is 43.7 Å². The lowest BCUT2D eigenvalue weighted by atomic mass is 10.2. The maximum atomic E-state index is 11.8. The summed E-state index contributed by atoms with van der Waals surface area (Å²) >= 11 is 0.